The molecule has 10 heteroatoms. The molecule has 1 fully saturated rings. The van der Waals surface area contributed by atoms with Crippen molar-refractivity contribution in [3.8, 4) is 0 Å². The lowest BCUT2D eigenvalue weighted by molar-refractivity contribution is -0.147. The number of carbonyl (C=O) groups excluding carboxylic acids is 1. The van der Waals surface area contributed by atoms with E-state index in [1.165, 1.54) is 12.1 Å². The molecule has 0 saturated carbocycles. The van der Waals surface area contributed by atoms with E-state index < -0.39 is 24.5 Å². The summed E-state index contributed by atoms with van der Waals surface area (Å²) in [6.07, 6.45) is -4.69. The highest BCUT2D eigenvalue weighted by atomic mass is 35.5. The highest BCUT2D eigenvalue weighted by Crippen LogP contribution is 2.32. The molecule has 0 bridgehead atoms. The van der Waals surface area contributed by atoms with Crippen LogP contribution in [0.4, 0.5) is 24.5 Å². The summed E-state index contributed by atoms with van der Waals surface area (Å²) in [6, 6.07) is 11.2. The van der Waals surface area contributed by atoms with Gasteiger partial charge in [0.25, 0.3) is 0 Å². The average Bonchev–Trinajstić information content (AvgIpc) is 3.08. The summed E-state index contributed by atoms with van der Waals surface area (Å²) in [7, 11) is 0. The molecule has 1 amide bonds. The topological polar surface area (TPSA) is 59.4 Å². The van der Waals surface area contributed by atoms with Gasteiger partial charge in [0.15, 0.2) is 0 Å². The summed E-state index contributed by atoms with van der Waals surface area (Å²) in [5.41, 5.74) is 1.59. The van der Waals surface area contributed by atoms with Gasteiger partial charge in [0, 0.05) is 18.1 Å². The Labute approximate surface area is 175 Å². The van der Waals surface area contributed by atoms with Crippen LogP contribution in [0.5, 0.6) is 0 Å². The Hall–Kier alpha value is -2.78. The van der Waals surface area contributed by atoms with E-state index in [0.29, 0.717) is 37.0 Å². The van der Waals surface area contributed by atoms with Crippen LogP contribution in [0.15, 0.2) is 42.5 Å². The Morgan fingerprint density at radius 2 is 1.90 bits per heavy atom. The number of halogens is 4. The van der Waals surface area contributed by atoms with Gasteiger partial charge in [-0.2, -0.15) is 13.2 Å². The number of benzene rings is 2. The van der Waals surface area contributed by atoms with Crippen LogP contribution < -0.4 is 10.2 Å². The van der Waals surface area contributed by atoms with Crippen LogP contribution in [0.3, 0.4) is 0 Å². The number of hydrogen-bond donors (Lipinski definition) is 1. The number of morpholine rings is 1. The van der Waals surface area contributed by atoms with Crippen molar-refractivity contribution in [3.05, 3.63) is 53.3 Å². The fourth-order valence-corrected chi connectivity index (χ4v) is 3.65. The molecule has 0 aliphatic carbocycles. The average molecular weight is 439 g/mol. The summed E-state index contributed by atoms with van der Waals surface area (Å²) >= 11 is 6.09. The number of ether oxygens (including phenoxy) is 1. The molecule has 2 heterocycles. The number of nitrogens with one attached hydrogen (secondary N) is 1. The minimum Gasteiger partial charge on any atom is -0.378 e. The van der Waals surface area contributed by atoms with Gasteiger partial charge in [-0.25, -0.2) is 4.98 Å². The highest BCUT2D eigenvalue weighted by molar-refractivity contribution is 6.31. The number of alkyl halides is 3. The van der Waals surface area contributed by atoms with Gasteiger partial charge < -0.3 is 19.5 Å². The first kappa shape index (κ1) is 20.5. The van der Waals surface area contributed by atoms with Crippen LogP contribution in [-0.4, -0.2) is 41.8 Å². The Balaban J connectivity index is 1.63. The molecule has 0 radical (unpaired) electrons. The van der Waals surface area contributed by atoms with E-state index in [-0.39, 0.29) is 11.0 Å². The monoisotopic (exact) mass is 438 g/mol. The number of anilines is 2. The van der Waals surface area contributed by atoms with Crippen molar-refractivity contribution in [2.45, 2.75) is 12.7 Å². The molecule has 3 aromatic rings. The van der Waals surface area contributed by atoms with Crippen LogP contribution in [0.25, 0.3) is 11.0 Å². The number of imidazole rings is 1. The van der Waals surface area contributed by atoms with Gasteiger partial charge in [0.05, 0.1) is 35.6 Å². The predicted octanol–water partition coefficient (Wildman–Crippen LogP) is 4.18. The lowest BCUT2D eigenvalue weighted by Crippen LogP contribution is -2.37. The molecule has 0 unspecified atom stereocenters. The highest BCUT2D eigenvalue weighted by Gasteiger charge is 2.38. The van der Waals surface area contributed by atoms with Gasteiger partial charge in [-0.15, -0.1) is 0 Å². The first-order valence-corrected chi connectivity index (χ1v) is 9.65. The lowest BCUT2D eigenvalue weighted by atomic mass is 10.2. The van der Waals surface area contributed by atoms with Gasteiger partial charge in [-0.3, -0.25) is 4.79 Å². The zero-order valence-corrected chi connectivity index (χ0v) is 16.5. The molecule has 1 aliphatic heterocycles. The van der Waals surface area contributed by atoms with E-state index in [2.05, 4.69) is 10.3 Å². The molecule has 1 N–H and O–H groups in total. The van der Waals surface area contributed by atoms with Crippen LogP contribution in [0.1, 0.15) is 5.82 Å². The summed E-state index contributed by atoms with van der Waals surface area (Å²) in [4.78, 5) is 18.4. The van der Waals surface area contributed by atoms with E-state index in [1.807, 2.05) is 4.90 Å². The third kappa shape index (κ3) is 4.22. The van der Waals surface area contributed by atoms with E-state index in [1.54, 1.807) is 30.3 Å². The summed E-state index contributed by atoms with van der Waals surface area (Å²) < 4.78 is 46.6. The van der Waals surface area contributed by atoms with Gasteiger partial charge >= 0.3 is 6.18 Å². The largest absolute Gasteiger partial charge is 0.449 e. The minimum absolute atomic E-state index is 0.175. The quantitative estimate of drug-likeness (QED) is 0.663. The van der Waals surface area contributed by atoms with E-state index >= 15 is 0 Å². The molecule has 1 aromatic heterocycles. The Kier molecular flexibility index (Phi) is 5.57. The standard InChI is InChI=1S/C20H18ClF3N4O2/c21-13-5-6-16(27-7-9-30-10-8-27)15(11-13)25-18(29)12-28-17-4-2-1-3-14(17)26-19(28)20(22,23)24/h1-6,11H,7-10,12H2,(H,25,29). The number of nitrogens with zero attached hydrogens (tertiary/aromatic N) is 3. The third-order valence-electron chi connectivity index (χ3n) is 4.79. The molecule has 1 saturated heterocycles. The SMILES string of the molecule is O=C(Cn1c(C(F)(F)F)nc2ccccc21)Nc1cc(Cl)ccc1N1CCOCC1. The van der Waals surface area contributed by atoms with Gasteiger partial charge in [0.2, 0.25) is 11.7 Å². The van der Waals surface area contributed by atoms with Crippen molar-refractivity contribution in [3.63, 3.8) is 0 Å². The molecule has 0 spiro atoms. The molecule has 158 valence electrons. The number of fused-ring (bicyclic) bond motifs is 1. The molecule has 1 aliphatic rings. The fraction of sp³-hybridized carbons (Fsp3) is 0.300. The normalized spacial score (nSPS) is 14.9. The Morgan fingerprint density at radius 1 is 1.17 bits per heavy atom. The molecule has 6 nitrogen and oxygen atoms in total. The molecular formula is C20H18ClF3N4O2. The molecule has 30 heavy (non-hydrogen) atoms. The summed E-state index contributed by atoms with van der Waals surface area (Å²) in [5, 5.41) is 3.12. The minimum atomic E-state index is -4.69. The maximum Gasteiger partial charge on any atom is 0.449 e. The second-order valence-corrected chi connectivity index (χ2v) is 7.25. The smallest absolute Gasteiger partial charge is 0.378 e. The van der Waals surface area contributed by atoms with E-state index in [0.717, 1.165) is 10.3 Å². The van der Waals surface area contributed by atoms with Crippen molar-refractivity contribution in [1.82, 2.24) is 9.55 Å². The maximum atomic E-state index is 13.5. The maximum absolute atomic E-state index is 13.5. The lowest BCUT2D eigenvalue weighted by Gasteiger charge is -2.30. The van der Waals surface area contributed by atoms with Gasteiger partial charge in [-0.1, -0.05) is 23.7 Å². The number of aromatic nitrogens is 2. The van der Waals surface area contributed by atoms with Gasteiger partial charge in [0.1, 0.15) is 6.54 Å². The molecule has 4 rings (SSSR count). The van der Waals surface area contributed by atoms with Crippen LogP contribution >= 0.6 is 11.6 Å². The van der Waals surface area contributed by atoms with Gasteiger partial charge in [-0.05, 0) is 30.3 Å². The molecule has 2 aromatic carbocycles. The first-order valence-electron chi connectivity index (χ1n) is 9.27. The number of carbonyl (C=O) groups is 1. The Morgan fingerprint density at radius 3 is 2.63 bits per heavy atom. The number of hydrogen-bond acceptors (Lipinski definition) is 4. The van der Waals surface area contributed by atoms with E-state index in [4.69, 9.17) is 16.3 Å². The molecule has 0 atom stereocenters. The van der Waals surface area contributed by atoms with Crippen LogP contribution in [0, 0.1) is 0 Å². The number of para-hydroxylation sites is 2. The van der Waals surface area contributed by atoms with Crippen molar-refractivity contribution in [2.75, 3.05) is 36.5 Å². The number of amides is 1. The van der Waals surface area contributed by atoms with Crippen LogP contribution in [0.2, 0.25) is 5.02 Å². The first-order chi connectivity index (χ1) is 14.3. The second kappa shape index (κ2) is 8.16. The second-order valence-electron chi connectivity index (χ2n) is 6.82. The summed E-state index contributed by atoms with van der Waals surface area (Å²) in [6.45, 7) is 1.83. The van der Waals surface area contributed by atoms with Crippen molar-refractivity contribution < 1.29 is 22.7 Å². The fourth-order valence-electron chi connectivity index (χ4n) is 3.47. The zero-order valence-electron chi connectivity index (χ0n) is 15.7. The van der Waals surface area contributed by atoms with Crippen molar-refractivity contribution >= 4 is 39.9 Å². The zero-order chi connectivity index (χ0) is 21.3. The van der Waals surface area contributed by atoms with Crippen molar-refractivity contribution in [2.24, 2.45) is 0 Å². The van der Waals surface area contributed by atoms with Crippen LogP contribution in [-0.2, 0) is 22.3 Å². The molecular weight excluding hydrogens is 421 g/mol. The van der Waals surface area contributed by atoms with E-state index in [9.17, 15) is 18.0 Å². The summed E-state index contributed by atoms with van der Waals surface area (Å²) in [5.74, 6) is -1.72. The number of rotatable bonds is 4. The van der Waals surface area contributed by atoms with Crippen molar-refractivity contribution in [1.29, 1.82) is 0 Å². The predicted molar refractivity (Wildman–Crippen MR) is 108 cm³/mol. The Bertz CT molecular complexity index is 1080. The third-order valence-corrected chi connectivity index (χ3v) is 5.03.